The van der Waals surface area contributed by atoms with Crippen molar-refractivity contribution in [2.45, 2.75) is 66.8 Å². The number of allylic oxidation sites excluding steroid dienone is 3. The number of hydrazine groups is 1. The molecule has 5 heterocycles. The number of anilines is 3. The Hall–Kier alpha value is -8.80. The van der Waals surface area contributed by atoms with Crippen molar-refractivity contribution in [3.8, 4) is 11.5 Å². The summed E-state index contributed by atoms with van der Waals surface area (Å²) in [6, 6.07) is 9.35. The molecule has 0 unspecified atom stereocenters. The van der Waals surface area contributed by atoms with Gasteiger partial charge in [-0.1, -0.05) is 18.2 Å². The zero-order valence-corrected chi connectivity index (χ0v) is 38.5. The lowest BCUT2D eigenvalue weighted by Crippen LogP contribution is -2.32. The summed E-state index contributed by atoms with van der Waals surface area (Å²) in [5.41, 5.74) is 15.7. The average molecular weight is 945 g/mol. The van der Waals surface area contributed by atoms with Crippen LogP contribution >= 0.6 is 0 Å². The molecule has 0 fully saturated rings. The van der Waals surface area contributed by atoms with Crippen molar-refractivity contribution in [1.29, 1.82) is 0 Å². The summed E-state index contributed by atoms with van der Waals surface area (Å²) >= 11 is 0. The van der Waals surface area contributed by atoms with E-state index in [9.17, 15) is 24.0 Å². The number of ether oxygens (including phenoxy) is 2. The molecule has 2 aromatic carbocycles. The number of hydrogen-bond donors (Lipinski definition) is 6. The van der Waals surface area contributed by atoms with Gasteiger partial charge in [0.1, 0.15) is 40.5 Å². The summed E-state index contributed by atoms with van der Waals surface area (Å²) in [5, 5.41) is 29.2. The first-order chi connectivity index (χ1) is 33.1. The number of nitrogens with two attached hydrogens (primary N) is 3. The van der Waals surface area contributed by atoms with E-state index in [0.717, 1.165) is 0 Å². The number of rotatable bonds is 22. The van der Waals surface area contributed by atoms with E-state index in [4.69, 9.17) is 36.9 Å². The van der Waals surface area contributed by atoms with Gasteiger partial charge in [0, 0.05) is 50.0 Å². The fourth-order valence-corrected chi connectivity index (χ4v) is 7.52. The molecule has 0 saturated carbocycles. The Labute approximate surface area is 393 Å². The Morgan fingerprint density at radius 3 is 1.74 bits per heavy atom. The van der Waals surface area contributed by atoms with E-state index < -0.39 is 29.6 Å². The molecule has 0 aliphatic carbocycles. The monoisotopic (exact) mass is 944 g/mol. The minimum absolute atomic E-state index is 0.0326. The second-order valence-electron chi connectivity index (χ2n) is 15.6. The first-order valence-corrected chi connectivity index (χ1v) is 21.7. The van der Waals surface area contributed by atoms with Gasteiger partial charge in [-0.15, -0.1) is 0 Å². The number of carboxylic acids is 1. The van der Waals surface area contributed by atoms with Crippen LogP contribution in [0.2, 0.25) is 0 Å². The molecule has 7 aromatic rings. The summed E-state index contributed by atoms with van der Waals surface area (Å²) < 4.78 is 20.2. The number of nitrogens with zero attached hydrogens (tertiary/aromatic N) is 11. The molecule has 7 rings (SSSR count). The molecule has 4 amide bonds. The second-order valence-corrected chi connectivity index (χ2v) is 15.6. The zero-order valence-electron chi connectivity index (χ0n) is 38.5. The van der Waals surface area contributed by atoms with Crippen molar-refractivity contribution in [3.05, 3.63) is 107 Å². The molecule has 24 heteroatoms. The molecular formula is C45H52N16O8. The lowest BCUT2D eigenvalue weighted by Gasteiger charge is -2.14. The van der Waals surface area contributed by atoms with Crippen molar-refractivity contribution in [1.82, 2.24) is 48.4 Å². The highest BCUT2D eigenvalue weighted by Gasteiger charge is 2.24. The van der Waals surface area contributed by atoms with Gasteiger partial charge in [-0.3, -0.25) is 48.7 Å². The van der Waals surface area contributed by atoms with Gasteiger partial charge in [0.25, 0.3) is 11.8 Å². The van der Waals surface area contributed by atoms with E-state index in [2.05, 4.69) is 30.9 Å². The number of nitrogens with one attached hydrogen (secondary N) is 2. The van der Waals surface area contributed by atoms with Gasteiger partial charge in [0.2, 0.25) is 23.7 Å². The van der Waals surface area contributed by atoms with E-state index in [0.29, 0.717) is 70.2 Å². The lowest BCUT2D eigenvalue weighted by atomic mass is 10.1. The normalized spacial score (nSPS) is 11.6. The topological polar surface area (TPSA) is 318 Å². The molecule has 69 heavy (non-hydrogen) atoms. The van der Waals surface area contributed by atoms with E-state index in [1.54, 1.807) is 67.5 Å². The molecule has 0 bridgehead atoms. The fourth-order valence-electron chi connectivity index (χ4n) is 7.52. The van der Waals surface area contributed by atoms with Crippen LogP contribution in [0.4, 0.5) is 17.6 Å². The Morgan fingerprint density at radius 1 is 0.739 bits per heavy atom. The smallest absolute Gasteiger partial charge is 0.305 e. The quantitative estimate of drug-likeness (QED) is 0.0322. The van der Waals surface area contributed by atoms with Crippen molar-refractivity contribution in [2.24, 2.45) is 17.3 Å². The third kappa shape index (κ3) is 10.8. The number of benzene rings is 2. The molecule has 0 spiro atoms. The third-order valence-electron chi connectivity index (χ3n) is 10.8. The number of aryl methyl sites for hydroxylation is 4. The van der Waals surface area contributed by atoms with Crippen LogP contribution in [-0.4, -0.2) is 103 Å². The maximum Gasteiger partial charge on any atom is 0.305 e. The van der Waals surface area contributed by atoms with Crippen LogP contribution in [0.15, 0.2) is 73.1 Å². The minimum Gasteiger partial charge on any atom is -0.494 e. The number of primary amides is 2. The molecule has 0 radical (unpaired) electrons. The minimum atomic E-state index is -0.968. The number of amides is 4. The second kappa shape index (κ2) is 20.8. The number of imidazole rings is 2. The lowest BCUT2D eigenvalue weighted by molar-refractivity contribution is -0.136. The van der Waals surface area contributed by atoms with Crippen LogP contribution in [0.25, 0.3) is 22.1 Å². The first kappa shape index (κ1) is 48.1. The molecule has 360 valence electrons. The molecule has 9 N–H and O–H groups in total. The number of hydrogen-bond acceptors (Lipinski definition) is 14. The first-order valence-electron chi connectivity index (χ1n) is 21.7. The fraction of sp³-hybridized carbons (Fsp3) is 0.289. The SMILES string of the molecule is CCn1nc(C)cc1C(=O)Nc1nc2cc(C(N)=O)cc(OC)c2n1C/C=C/Cn1c(NC(=O)c2cc(C)nn2CC)nc2cc(C(N)=O)cc(OC/C=C/Cn3cc(N(N)CCC(=O)O)cn3)c21. The number of fused-ring (bicyclic) bond motifs is 2. The highest BCUT2D eigenvalue weighted by atomic mass is 16.5. The van der Waals surface area contributed by atoms with Crippen molar-refractivity contribution >= 4 is 69.2 Å². The van der Waals surface area contributed by atoms with Gasteiger partial charge in [-0.05, 0) is 70.2 Å². The van der Waals surface area contributed by atoms with Crippen LogP contribution < -0.4 is 42.4 Å². The Kier molecular flexibility index (Phi) is 14.5. The molecular weight excluding hydrogens is 893 g/mol. The number of carbonyl (C=O) groups is 5. The standard InChI is InChI=1S/C45H52N16O8/c1-6-60-33(18-26(3)54-60)42(66)52-44-50-31-20-28(40(46)64)22-35(68-5)38(31)57(44)14-8-9-15-58-39-32(51-45(58)53-43(67)34-19-27(4)55-61(34)7-2)21-29(41(47)65)23-36(39)69-17-11-10-13-56-25-30(24-49-56)59(48)16-12-37(62)63/h8-11,18-25H,6-7,12-17,48H2,1-5H3,(H2,46,64)(H2,47,65)(H,62,63)(H,50,52,66)(H,51,53,67)/b9-8+,11-10+. The van der Waals surface area contributed by atoms with E-state index >= 15 is 0 Å². The zero-order chi connectivity index (χ0) is 49.5. The van der Waals surface area contributed by atoms with Gasteiger partial charge in [-0.2, -0.15) is 15.3 Å². The molecule has 0 aliphatic rings. The summed E-state index contributed by atoms with van der Waals surface area (Å²) in [4.78, 5) is 72.9. The van der Waals surface area contributed by atoms with Crippen LogP contribution in [0.5, 0.6) is 11.5 Å². The largest absolute Gasteiger partial charge is 0.494 e. The molecule has 0 atom stereocenters. The van der Waals surface area contributed by atoms with Crippen molar-refractivity contribution in [2.75, 3.05) is 35.9 Å². The predicted octanol–water partition coefficient (Wildman–Crippen LogP) is 3.39. The Balaban J connectivity index is 1.22. The summed E-state index contributed by atoms with van der Waals surface area (Å²) in [6.07, 6.45) is 10.2. The van der Waals surface area contributed by atoms with E-state index in [1.807, 2.05) is 26.0 Å². The van der Waals surface area contributed by atoms with Gasteiger partial charge >= 0.3 is 5.97 Å². The molecule has 0 aliphatic heterocycles. The average Bonchev–Trinajstić information content (AvgIpc) is 4.16. The van der Waals surface area contributed by atoms with Crippen molar-refractivity contribution < 1.29 is 38.6 Å². The Bertz CT molecular complexity index is 3150. The van der Waals surface area contributed by atoms with Crippen LogP contribution in [0, 0.1) is 13.8 Å². The number of methoxy groups -OCH3 is 1. The van der Waals surface area contributed by atoms with Crippen molar-refractivity contribution in [3.63, 3.8) is 0 Å². The van der Waals surface area contributed by atoms with Gasteiger partial charge in [0.15, 0.2) is 0 Å². The van der Waals surface area contributed by atoms with E-state index in [-0.39, 0.29) is 67.2 Å². The molecule has 24 nitrogen and oxygen atoms in total. The van der Waals surface area contributed by atoms with Crippen LogP contribution in [0.1, 0.15) is 73.3 Å². The van der Waals surface area contributed by atoms with Gasteiger partial charge < -0.3 is 40.2 Å². The van der Waals surface area contributed by atoms with Gasteiger partial charge in [0.05, 0.1) is 54.4 Å². The third-order valence-corrected chi connectivity index (χ3v) is 10.8. The van der Waals surface area contributed by atoms with Gasteiger partial charge in [-0.25, -0.2) is 15.8 Å². The predicted molar refractivity (Wildman–Crippen MR) is 254 cm³/mol. The Morgan fingerprint density at radius 2 is 1.25 bits per heavy atom. The summed E-state index contributed by atoms with van der Waals surface area (Å²) in [5.74, 6) is 3.46. The number of aliphatic carboxylic acids is 1. The molecule has 5 aromatic heterocycles. The van der Waals surface area contributed by atoms with Crippen LogP contribution in [0.3, 0.4) is 0 Å². The number of carboxylic acid groups (broad SMARTS) is 1. The highest BCUT2D eigenvalue weighted by molar-refractivity contribution is 6.05. The van der Waals surface area contributed by atoms with Crippen LogP contribution in [-0.2, 0) is 37.5 Å². The number of aromatic nitrogens is 10. The molecule has 0 saturated heterocycles. The maximum atomic E-state index is 13.9. The number of carbonyl (C=O) groups excluding carboxylic acids is 4. The maximum absolute atomic E-state index is 13.9. The highest BCUT2D eigenvalue weighted by Crippen LogP contribution is 2.33. The summed E-state index contributed by atoms with van der Waals surface area (Å²) in [7, 11) is 1.44. The summed E-state index contributed by atoms with van der Waals surface area (Å²) in [6.45, 7) is 8.88. The van der Waals surface area contributed by atoms with E-state index in [1.165, 1.54) is 42.6 Å².